The quantitative estimate of drug-likeness (QED) is 0.338. The van der Waals surface area contributed by atoms with Gasteiger partial charge in [-0.15, -0.1) is 0 Å². The first kappa shape index (κ1) is 28.3. The van der Waals surface area contributed by atoms with Crippen molar-refractivity contribution in [2.75, 3.05) is 30.8 Å². The van der Waals surface area contributed by atoms with E-state index >= 15 is 0 Å². The zero-order valence-electron chi connectivity index (χ0n) is 23.3. The van der Waals surface area contributed by atoms with Gasteiger partial charge in [-0.3, -0.25) is 9.69 Å². The molecule has 0 aliphatic carbocycles. The third kappa shape index (κ3) is 6.92. The summed E-state index contributed by atoms with van der Waals surface area (Å²) >= 11 is 0. The Kier molecular flexibility index (Phi) is 8.64. The van der Waals surface area contributed by atoms with E-state index in [2.05, 4.69) is 20.9 Å². The van der Waals surface area contributed by atoms with Crippen molar-refractivity contribution in [3.63, 3.8) is 0 Å². The van der Waals surface area contributed by atoms with Gasteiger partial charge in [-0.2, -0.15) is 0 Å². The molecule has 5 rings (SSSR count). The number of hydrogen-bond acceptors (Lipinski definition) is 5. The molecule has 2 heterocycles. The number of anilines is 2. The fourth-order valence-electron chi connectivity index (χ4n) is 5.65. The number of rotatable bonds is 7. The molecule has 0 radical (unpaired) electrons. The summed E-state index contributed by atoms with van der Waals surface area (Å²) in [4.78, 5) is 40.4. The van der Waals surface area contributed by atoms with Crippen molar-refractivity contribution < 1.29 is 23.5 Å². The van der Waals surface area contributed by atoms with Gasteiger partial charge in [-0.1, -0.05) is 24.3 Å². The lowest BCUT2D eigenvalue weighted by atomic mass is 9.90. The number of benzene rings is 3. The van der Waals surface area contributed by atoms with E-state index in [4.69, 9.17) is 4.74 Å². The molecule has 3 N–H and O–H groups in total. The molecule has 0 aromatic heterocycles. The highest BCUT2D eigenvalue weighted by molar-refractivity contribution is 6.03. The van der Waals surface area contributed by atoms with Crippen LogP contribution < -0.4 is 16.0 Å². The van der Waals surface area contributed by atoms with Crippen molar-refractivity contribution in [2.45, 2.75) is 45.3 Å². The number of carbonyl (C=O) groups excluding carboxylic acids is 3. The summed E-state index contributed by atoms with van der Waals surface area (Å²) in [6, 6.07) is 16.7. The molecule has 41 heavy (non-hydrogen) atoms. The number of urea groups is 1. The van der Waals surface area contributed by atoms with Gasteiger partial charge in [0.25, 0.3) is 5.91 Å². The Morgan fingerprint density at radius 2 is 1.78 bits per heavy atom. The molecule has 3 aromatic rings. The zero-order valence-corrected chi connectivity index (χ0v) is 23.3. The number of nitrogens with one attached hydrogen (secondary N) is 3. The molecule has 0 bridgehead atoms. The number of halogens is 1. The number of fused-ring (bicyclic) bond motifs is 1. The lowest BCUT2D eigenvalue weighted by Crippen LogP contribution is -2.35. The van der Waals surface area contributed by atoms with Crippen molar-refractivity contribution in [1.29, 1.82) is 0 Å². The molecule has 2 aliphatic heterocycles. The highest BCUT2D eigenvalue weighted by Crippen LogP contribution is 2.28. The second kappa shape index (κ2) is 12.5. The molecular weight excluding hydrogens is 523 g/mol. The van der Waals surface area contributed by atoms with Crippen molar-refractivity contribution >= 4 is 29.3 Å². The topological polar surface area (TPSA) is 99.8 Å². The number of ether oxygens (including phenoxy) is 1. The second-order valence-electron chi connectivity index (χ2n) is 10.8. The average molecular weight is 559 g/mol. The lowest BCUT2D eigenvalue weighted by molar-refractivity contribution is 0.0301. The number of cyclic esters (lactones) is 1. The summed E-state index contributed by atoms with van der Waals surface area (Å²) < 4.78 is 18.6. The van der Waals surface area contributed by atoms with Gasteiger partial charge in [0.1, 0.15) is 11.9 Å². The summed E-state index contributed by atoms with van der Waals surface area (Å²) in [7, 11) is 1.59. The van der Waals surface area contributed by atoms with E-state index < -0.39 is 12.0 Å². The van der Waals surface area contributed by atoms with Crippen molar-refractivity contribution in [2.24, 2.45) is 5.92 Å². The minimum Gasteiger partial charge on any atom is -0.459 e. The Morgan fingerprint density at radius 3 is 2.51 bits per heavy atom. The molecule has 2 aliphatic rings. The number of piperidine rings is 1. The first-order valence-electron chi connectivity index (χ1n) is 14.0. The molecule has 0 spiro atoms. The number of likely N-dealkylation sites (tertiary alicyclic amines) is 1. The predicted octanol–water partition coefficient (Wildman–Crippen LogP) is 5.39. The molecule has 1 atom stereocenters. The summed E-state index contributed by atoms with van der Waals surface area (Å²) in [5.41, 5.74) is 4.74. The van der Waals surface area contributed by atoms with Crippen molar-refractivity contribution in [1.82, 2.24) is 10.2 Å². The Hall–Kier alpha value is -4.24. The molecular formula is C32H35FN4O4. The third-order valence-electron chi connectivity index (χ3n) is 7.83. The van der Waals surface area contributed by atoms with Crippen LogP contribution in [0, 0.1) is 11.7 Å². The molecule has 9 heteroatoms. The minimum atomic E-state index is -0.476. The van der Waals surface area contributed by atoms with Gasteiger partial charge in [-0.25, -0.2) is 14.0 Å². The number of amides is 3. The monoisotopic (exact) mass is 558 g/mol. The number of carbonyl (C=O) groups is 3. The number of hydrogen-bond donors (Lipinski definition) is 3. The minimum absolute atomic E-state index is 0.177. The summed E-state index contributed by atoms with van der Waals surface area (Å²) in [5.74, 6) is -0.340. The van der Waals surface area contributed by atoms with Crippen molar-refractivity contribution in [3.05, 3.63) is 94.3 Å². The first-order valence-corrected chi connectivity index (χ1v) is 14.0. The SMILES string of the molecule is CNC(=O)c1cccc(NC(=O)Nc2ccc3c(c2)C(=O)O[C@H](C)C3)c1CN1CCC(Cc2ccc(F)cc2)CC1. The molecule has 0 unspecified atom stereocenters. The Labute approximate surface area is 239 Å². The van der Waals surface area contributed by atoms with Gasteiger partial charge in [0.05, 0.1) is 5.56 Å². The zero-order chi connectivity index (χ0) is 28.9. The van der Waals surface area contributed by atoms with Crippen LogP contribution in [0.4, 0.5) is 20.6 Å². The van der Waals surface area contributed by atoms with Crippen LogP contribution >= 0.6 is 0 Å². The standard InChI is InChI=1S/C32H35FN4O4/c1-20-16-23-8-11-25(18-27(23)31(39)41-20)35-32(40)36-29-5-3-4-26(30(38)34-2)28(29)19-37-14-12-22(13-15-37)17-21-6-9-24(33)10-7-21/h3-11,18,20,22H,12-17,19H2,1-2H3,(H,34,38)(H2,35,36,40)/t20-/m1/s1. The highest BCUT2D eigenvalue weighted by Gasteiger charge is 2.25. The maximum Gasteiger partial charge on any atom is 0.338 e. The smallest absolute Gasteiger partial charge is 0.338 e. The summed E-state index contributed by atoms with van der Waals surface area (Å²) in [6.07, 6.45) is 3.34. The van der Waals surface area contributed by atoms with E-state index in [0.29, 0.717) is 41.4 Å². The van der Waals surface area contributed by atoms with Gasteiger partial charge in [-0.05, 0) is 92.7 Å². The van der Waals surface area contributed by atoms with Crippen LogP contribution in [0.1, 0.15) is 57.2 Å². The van der Waals surface area contributed by atoms with Crippen LogP contribution in [0.15, 0.2) is 60.7 Å². The third-order valence-corrected chi connectivity index (χ3v) is 7.83. The van der Waals surface area contributed by atoms with E-state index in [1.54, 1.807) is 37.4 Å². The van der Waals surface area contributed by atoms with Crippen LogP contribution in [0.3, 0.4) is 0 Å². The normalized spacial score (nSPS) is 17.3. The van der Waals surface area contributed by atoms with Gasteiger partial charge >= 0.3 is 12.0 Å². The van der Waals surface area contributed by atoms with Gasteiger partial charge in [0.15, 0.2) is 0 Å². The number of esters is 1. The summed E-state index contributed by atoms with van der Waals surface area (Å²) in [5, 5.41) is 8.41. The second-order valence-corrected chi connectivity index (χ2v) is 10.8. The molecule has 214 valence electrons. The van der Waals surface area contributed by atoms with E-state index in [0.717, 1.165) is 49.0 Å². The Morgan fingerprint density at radius 1 is 1.02 bits per heavy atom. The largest absolute Gasteiger partial charge is 0.459 e. The lowest BCUT2D eigenvalue weighted by Gasteiger charge is -2.33. The Balaban J connectivity index is 1.26. The maximum absolute atomic E-state index is 13.3. The van der Waals surface area contributed by atoms with E-state index in [1.165, 1.54) is 12.1 Å². The van der Waals surface area contributed by atoms with E-state index in [-0.39, 0.29) is 17.8 Å². The fraction of sp³-hybridized carbons (Fsp3) is 0.344. The van der Waals surface area contributed by atoms with E-state index in [9.17, 15) is 18.8 Å². The molecule has 0 saturated carbocycles. The molecule has 3 aromatic carbocycles. The summed E-state index contributed by atoms with van der Waals surface area (Å²) in [6.45, 7) is 4.05. The Bertz CT molecular complexity index is 1430. The fourth-order valence-corrected chi connectivity index (χ4v) is 5.65. The van der Waals surface area contributed by atoms with Crippen LogP contribution in [0.5, 0.6) is 0 Å². The maximum atomic E-state index is 13.3. The predicted molar refractivity (Wildman–Crippen MR) is 156 cm³/mol. The molecule has 8 nitrogen and oxygen atoms in total. The van der Waals surface area contributed by atoms with Crippen LogP contribution in [-0.4, -0.2) is 49.0 Å². The highest BCUT2D eigenvalue weighted by atomic mass is 19.1. The van der Waals surface area contributed by atoms with Crippen LogP contribution in [-0.2, 0) is 24.1 Å². The van der Waals surface area contributed by atoms with E-state index in [1.807, 2.05) is 25.1 Å². The molecule has 1 saturated heterocycles. The van der Waals surface area contributed by atoms with Crippen molar-refractivity contribution in [3.8, 4) is 0 Å². The first-order chi connectivity index (χ1) is 19.8. The van der Waals surface area contributed by atoms with Crippen LogP contribution in [0.25, 0.3) is 0 Å². The molecule has 3 amide bonds. The van der Waals surface area contributed by atoms with Crippen LogP contribution in [0.2, 0.25) is 0 Å². The van der Waals surface area contributed by atoms with Gasteiger partial charge in [0.2, 0.25) is 0 Å². The molecule has 1 fully saturated rings. The van der Waals surface area contributed by atoms with Gasteiger partial charge < -0.3 is 20.7 Å². The van der Waals surface area contributed by atoms with Gasteiger partial charge in [0, 0.05) is 42.5 Å². The average Bonchev–Trinajstić information content (AvgIpc) is 2.96. The number of nitrogens with zero attached hydrogens (tertiary/aromatic N) is 1.